The molecule has 0 aliphatic carbocycles. The molecule has 0 aromatic rings. The summed E-state index contributed by atoms with van der Waals surface area (Å²) in [5.41, 5.74) is 0.365. The number of carbonyl (C=O) groups excluding carboxylic acids is 1. The van der Waals surface area contributed by atoms with E-state index in [2.05, 4.69) is 6.58 Å². The maximum absolute atomic E-state index is 11.0. The van der Waals surface area contributed by atoms with Gasteiger partial charge >= 0.3 is 5.97 Å². The van der Waals surface area contributed by atoms with Crippen molar-refractivity contribution in [3.05, 3.63) is 12.2 Å². The van der Waals surface area contributed by atoms with E-state index in [0.29, 0.717) is 12.0 Å². The Labute approximate surface area is 73.0 Å². The molecule has 1 atom stereocenters. The average molecular weight is 172 g/mol. The molecule has 0 aliphatic heterocycles. The van der Waals surface area contributed by atoms with Crippen molar-refractivity contribution in [3.63, 3.8) is 0 Å². The molecule has 12 heavy (non-hydrogen) atoms. The fraction of sp³-hybridized carbons (Fsp3) is 0.667. The minimum absolute atomic E-state index is 0.118. The summed E-state index contributed by atoms with van der Waals surface area (Å²) in [6.45, 7) is 6.88. The van der Waals surface area contributed by atoms with Crippen LogP contribution >= 0.6 is 0 Å². The van der Waals surface area contributed by atoms with Crippen LogP contribution in [0.3, 0.4) is 0 Å². The summed E-state index contributed by atoms with van der Waals surface area (Å²) in [4.78, 5) is 11.0. The molecule has 0 rings (SSSR count). The molecule has 0 amide bonds. The highest BCUT2D eigenvalue weighted by Crippen LogP contribution is 2.04. The number of hydrogen-bond donors (Lipinski definition) is 1. The van der Waals surface area contributed by atoms with Gasteiger partial charge in [-0.15, -0.1) is 0 Å². The summed E-state index contributed by atoms with van der Waals surface area (Å²) < 4.78 is 4.91. The van der Waals surface area contributed by atoms with Gasteiger partial charge in [-0.2, -0.15) is 0 Å². The molecule has 0 aliphatic rings. The van der Waals surface area contributed by atoms with E-state index < -0.39 is 5.97 Å². The maximum atomic E-state index is 11.0. The van der Waals surface area contributed by atoms with Crippen molar-refractivity contribution in [1.29, 1.82) is 0 Å². The van der Waals surface area contributed by atoms with Crippen LogP contribution in [-0.2, 0) is 9.53 Å². The fourth-order valence-corrected chi connectivity index (χ4v) is 0.761. The average Bonchev–Trinajstić information content (AvgIpc) is 2.03. The Morgan fingerprint density at radius 3 is 2.58 bits per heavy atom. The lowest BCUT2D eigenvalue weighted by Crippen LogP contribution is -2.21. The largest absolute Gasteiger partial charge is 0.457 e. The van der Waals surface area contributed by atoms with Crippen LogP contribution in [0.25, 0.3) is 0 Å². The van der Waals surface area contributed by atoms with E-state index in [-0.39, 0.29) is 12.7 Å². The Kier molecular flexibility index (Phi) is 5.37. The minimum Gasteiger partial charge on any atom is -0.457 e. The third kappa shape index (κ3) is 4.13. The van der Waals surface area contributed by atoms with Gasteiger partial charge in [-0.3, -0.25) is 0 Å². The molecule has 0 fully saturated rings. The molecule has 1 N–H and O–H groups in total. The van der Waals surface area contributed by atoms with Crippen LogP contribution in [0.5, 0.6) is 0 Å². The third-order valence-corrected chi connectivity index (χ3v) is 1.44. The maximum Gasteiger partial charge on any atom is 0.333 e. The van der Waals surface area contributed by atoms with Gasteiger partial charge in [-0.25, -0.2) is 4.79 Å². The first-order chi connectivity index (χ1) is 5.61. The van der Waals surface area contributed by atoms with Crippen molar-refractivity contribution in [2.75, 3.05) is 6.61 Å². The molecule has 0 aromatic heterocycles. The minimum atomic E-state index is -0.428. The van der Waals surface area contributed by atoms with Gasteiger partial charge in [0.1, 0.15) is 6.10 Å². The van der Waals surface area contributed by atoms with E-state index in [0.717, 1.165) is 6.42 Å². The second-order valence-corrected chi connectivity index (χ2v) is 2.78. The van der Waals surface area contributed by atoms with Crippen molar-refractivity contribution < 1.29 is 14.6 Å². The highest BCUT2D eigenvalue weighted by molar-refractivity contribution is 5.87. The van der Waals surface area contributed by atoms with Crippen molar-refractivity contribution in [2.45, 2.75) is 32.8 Å². The van der Waals surface area contributed by atoms with Crippen molar-refractivity contribution in [1.82, 2.24) is 0 Å². The molecular formula is C9H16O3. The number of esters is 1. The first-order valence-electron chi connectivity index (χ1n) is 4.09. The smallest absolute Gasteiger partial charge is 0.333 e. The molecule has 0 spiro atoms. The second-order valence-electron chi connectivity index (χ2n) is 2.78. The second kappa shape index (κ2) is 5.77. The highest BCUT2D eigenvalue weighted by atomic mass is 16.6. The quantitative estimate of drug-likeness (QED) is 0.501. The predicted molar refractivity (Wildman–Crippen MR) is 46.7 cm³/mol. The van der Waals surface area contributed by atoms with Gasteiger partial charge in [0.25, 0.3) is 0 Å². The zero-order chi connectivity index (χ0) is 9.56. The van der Waals surface area contributed by atoms with Gasteiger partial charge < -0.3 is 9.84 Å². The summed E-state index contributed by atoms with van der Waals surface area (Å²) in [7, 11) is 0. The molecule has 70 valence electrons. The van der Waals surface area contributed by atoms with Crippen LogP contribution in [0.2, 0.25) is 0 Å². The van der Waals surface area contributed by atoms with Crippen LogP contribution in [0.15, 0.2) is 12.2 Å². The lowest BCUT2D eigenvalue weighted by Gasteiger charge is -2.13. The standard InChI is InChI=1S/C9H16O3/c1-4-5-8(6-10)12-9(11)7(2)3/h8,10H,2,4-6H2,1,3H3. The van der Waals surface area contributed by atoms with Gasteiger partial charge in [-0.05, 0) is 13.3 Å². The van der Waals surface area contributed by atoms with Gasteiger partial charge in [0.2, 0.25) is 0 Å². The lowest BCUT2D eigenvalue weighted by molar-refractivity contribution is -0.146. The van der Waals surface area contributed by atoms with Crippen LogP contribution in [0, 0.1) is 0 Å². The predicted octanol–water partition coefficient (Wildman–Crippen LogP) is 1.27. The van der Waals surface area contributed by atoms with Crippen LogP contribution in [0.4, 0.5) is 0 Å². The van der Waals surface area contributed by atoms with Gasteiger partial charge in [0.05, 0.1) is 6.61 Å². The molecule has 0 saturated heterocycles. The highest BCUT2D eigenvalue weighted by Gasteiger charge is 2.12. The summed E-state index contributed by atoms with van der Waals surface area (Å²) >= 11 is 0. The molecular weight excluding hydrogens is 156 g/mol. The summed E-state index contributed by atoms with van der Waals surface area (Å²) in [6.07, 6.45) is 1.20. The molecule has 1 unspecified atom stereocenters. The van der Waals surface area contributed by atoms with Crippen LogP contribution in [-0.4, -0.2) is 23.8 Å². The Balaban J connectivity index is 3.85. The summed E-state index contributed by atoms with van der Waals surface area (Å²) in [5.74, 6) is -0.428. The van der Waals surface area contributed by atoms with Crippen molar-refractivity contribution in [3.8, 4) is 0 Å². The zero-order valence-electron chi connectivity index (χ0n) is 7.67. The monoisotopic (exact) mass is 172 g/mol. The Morgan fingerprint density at radius 2 is 2.25 bits per heavy atom. The summed E-state index contributed by atoms with van der Waals surface area (Å²) in [6, 6.07) is 0. The SMILES string of the molecule is C=C(C)C(=O)OC(CO)CCC. The van der Waals surface area contributed by atoms with Crippen LogP contribution < -0.4 is 0 Å². The zero-order valence-corrected chi connectivity index (χ0v) is 7.67. The number of ether oxygens (including phenoxy) is 1. The Morgan fingerprint density at radius 1 is 1.67 bits per heavy atom. The van der Waals surface area contributed by atoms with E-state index in [9.17, 15) is 4.79 Å². The van der Waals surface area contributed by atoms with Gasteiger partial charge in [-0.1, -0.05) is 19.9 Å². The normalized spacial score (nSPS) is 12.2. The summed E-state index contributed by atoms with van der Waals surface area (Å²) in [5, 5.41) is 8.78. The van der Waals surface area contributed by atoms with E-state index in [1.807, 2.05) is 6.92 Å². The number of aliphatic hydroxyl groups excluding tert-OH is 1. The number of carbonyl (C=O) groups is 1. The molecule has 0 radical (unpaired) electrons. The molecule has 0 saturated carbocycles. The number of rotatable bonds is 5. The third-order valence-electron chi connectivity index (χ3n) is 1.44. The Bertz CT molecular complexity index is 163. The van der Waals surface area contributed by atoms with E-state index in [1.54, 1.807) is 6.92 Å². The van der Waals surface area contributed by atoms with Crippen molar-refractivity contribution >= 4 is 5.97 Å². The number of aliphatic hydroxyl groups is 1. The first-order valence-corrected chi connectivity index (χ1v) is 4.09. The Hall–Kier alpha value is -0.830. The van der Waals surface area contributed by atoms with Gasteiger partial charge in [0.15, 0.2) is 0 Å². The fourth-order valence-electron chi connectivity index (χ4n) is 0.761. The molecule has 0 aromatic carbocycles. The van der Waals surface area contributed by atoms with Crippen LogP contribution in [0.1, 0.15) is 26.7 Å². The molecule has 0 bridgehead atoms. The first kappa shape index (κ1) is 11.2. The molecule has 3 heteroatoms. The van der Waals surface area contributed by atoms with E-state index in [1.165, 1.54) is 0 Å². The molecule has 3 nitrogen and oxygen atoms in total. The lowest BCUT2D eigenvalue weighted by atomic mass is 10.2. The van der Waals surface area contributed by atoms with Crippen molar-refractivity contribution in [2.24, 2.45) is 0 Å². The van der Waals surface area contributed by atoms with E-state index >= 15 is 0 Å². The van der Waals surface area contributed by atoms with Gasteiger partial charge in [0, 0.05) is 5.57 Å². The number of hydrogen-bond acceptors (Lipinski definition) is 3. The molecule has 0 heterocycles. The topological polar surface area (TPSA) is 46.5 Å². The van der Waals surface area contributed by atoms with E-state index in [4.69, 9.17) is 9.84 Å².